The molecule has 0 unspecified atom stereocenters. The van der Waals surface area contributed by atoms with Gasteiger partial charge in [0.15, 0.2) is 12.7 Å². The number of hydrogen-bond acceptors (Lipinski definition) is 4. The number of Topliss-reactive ketones (excluding diaryl/α,β-unsaturated/α-hetero) is 1. The fourth-order valence-corrected chi connectivity index (χ4v) is 2.72. The number of carbonyl (C=O) groups is 2. The Hall–Kier alpha value is -2.04. The van der Waals surface area contributed by atoms with Crippen LogP contribution in [0.15, 0.2) is 36.4 Å². The Bertz CT molecular complexity index is 802. The summed E-state index contributed by atoms with van der Waals surface area (Å²) in [5.74, 6) is -0.595. The van der Waals surface area contributed by atoms with Crippen molar-refractivity contribution < 1.29 is 19.1 Å². The molecule has 0 aromatic heterocycles. The van der Waals surface area contributed by atoms with Gasteiger partial charge in [-0.3, -0.25) is 4.79 Å². The first-order valence-electron chi connectivity index (χ1n) is 7.66. The minimum absolute atomic E-state index is 0.262. The lowest BCUT2D eigenvalue weighted by Crippen LogP contribution is -2.28. The second-order valence-electron chi connectivity index (χ2n) is 5.68. The molecular weight excluding hydrogens is 363 g/mol. The van der Waals surface area contributed by atoms with Crippen LogP contribution in [0.5, 0.6) is 5.75 Å². The molecule has 0 spiro atoms. The topological polar surface area (TPSA) is 52.6 Å². The van der Waals surface area contributed by atoms with Crippen molar-refractivity contribution in [3.8, 4) is 5.75 Å². The van der Waals surface area contributed by atoms with Crippen LogP contribution in [0.4, 0.5) is 0 Å². The molecule has 2 rings (SSSR count). The summed E-state index contributed by atoms with van der Waals surface area (Å²) in [6.07, 6.45) is -0.911. The van der Waals surface area contributed by atoms with Gasteiger partial charge in [0.05, 0.1) is 5.02 Å². The highest BCUT2D eigenvalue weighted by atomic mass is 35.5. The van der Waals surface area contributed by atoms with Gasteiger partial charge >= 0.3 is 5.97 Å². The molecule has 2 aromatic rings. The Morgan fingerprint density at radius 2 is 1.80 bits per heavy atom. The average molecular weight is 381 g/mol. The molecule has 0 heterocycles. The third-order valence-electron chi connectivity index (χ3n) is 3.56. The van der Waals surface area contributed by atoms with Crippen LogP contribution in [0.1, 0.15) is 28.4 Å². The summed E-state index contributed by atoms with van der Waals surface area (Å²) in [6, 6.07) is 10.2. The summed E-state index contributed by atoms with van der Waals surface area (Å²) in [7, 11) is 0. The van der Waals surface area contributed by atoms with Crippen LogP contribution < -0.4 is 4.74 Å². The maximum Gasteiger partial charge on any atom is 0.347 e. The van der Waals surface area contributed by atoms with Crippen molar-refractivity contribution in [3.63, 3.8) is 0 Å². The fraction of sp³-hybridized carbons (Fsp3) is 0.263. The van der Waals surface area contributed by atoms with Crippen LogP contribution >= 0.6 is 23.2 Å². The van der Waals surface area contributed by atoms with Gasteiger partial charge in [-0.05, 0) is 44.5 Å². The third-order valence-corrected chi connectivity index (χ3v) is 4.09. The van der Waals surface area contributed by atoms with Crippen LogP contribution in [-0.2, 0) is 9.53 Å². The minimum Gasteiger partial charge on any atom is -0.477 e. The normalized spacial score (nSPS) is 11.7. The van der Waals surface area contributed by atoms with E-state index in [0.29, 0.717) is 21.4 Å². The maximum atomic E-state index is 12.2. The third kappa shape index (κ3) is 5.21. The van der Waals surface area contributed by atoms with E-state index in [1.807, 2.05) is 26.0 Å². The summed E-state index contributed by atoms with van der Waals surface area (Å²) in [5.41, 5.74) is 2.44. The second-order valence-corrected chi connectivity index (χ2v) is 6.53. The molecule has 0 aliphatic heterocycles. The highest BCUT2D eigenvalue weighted by Crippen LogP contribution is 2.28. The van der Waals surface area contributed by atoms with Gasteiger partial charge in [0.25, 0.3) is 0 Å². The highest BCUT2D eigenvalue weighted by molar-refractivity contribution is 6.35. The molecule has 4 nitrogen and oxygen atoms in total. The van der Waals surface area contributed by atoms with E-state index in [9.17, 15) is 9.59 Å². The lowest BCUT2D eigenvalue weighted by Gasteiger charge is -2.15. The first-order valence-corrected chi connectivity index (χ1v) is 8.42. The molecule has 132 valence electrons. The van der Waals surface area contributed by atoms with E-state index in [2.05, 4.69) is 0 Å². The van der Waals surface area contributed by atoms with E-state index in [0.717, 1.165) is 11.1 Å². The highest BCUT2D eigenvalue weighted by Gasteiger charge is 2.20. The summed E-state index contributed by atoms with van der Waals surface area (Å²) in [6.45, 7) is 4.97. The van der Waals surface area contributed by atoms with Gasteiger partial charge in [0, 0.05) is 10.6 Å². The zero-order valence-electron chi connectivity index (χ0n) is 14.1. The van der Waals surface area contributed by atoms with E-state index in [1.54, 1.807) is 18.2 Å². The number of aryl methyl sites for hydroxylation is 2. The van der Waals surface area contributed by atoms with Gasteiger partial charge < -0.3 is 9.47 Å². The summed E-state index contributed by atoms with van der Waals surface area (Å²) in [4.78, 5) is 24.2. The summed E-state index contributed by atoms with van der Waals surface area (Å²) >= 11 is 11.8. The number of carbonyl (C=O) groups excluding carboxylic acids is 2. The zero-order valence-corrected chi connectivity index (χ0v) is 15.6. The van der Waals surface area contributed by atoms with Crippen LogP contribution in [0.25, 0.3) is 0 Å². The Labute approximate surface area is 156 Å². The van der Waals surface area contributed by atoms with E-state index in [-0.39, 0.29) is 12.4 Å². The van der Waals surface area contributed by atoms with Crippen LogP contribution in [0, 0.1) is 13.8 Å². The second kappa shape index (κ2) is 8.37. The first-order chi connectivity index (χ1) is 11.8. The molecule has 1 atom stereocenters. The predicted molar refractivity (Wildman–Crippen MR) is 97.8 cm³/mol. The van der Waals surface area contributed by atoms with Crippen molar-refractivity contribution in [1.82, 2.24) is 0 Å². The fourth-order valence-electron chi connectivity index (χ4n) is 2.27. The molecule has 6 heteroatoms. The number of benzene rings is 2. The molecule has 0 saturated heterocycles. The molecule has 0 amide bonds. The monoisotopic (exact) mass is 380 g/mol. The van der Waals surface area contributed by atoms with Gasteiger partial charge in [-0.25, -0.2) is 4.79 Å². The SMILES string of the molecule is Cc1ccc(C(=O)COC(=O)[C@H](C)Oc2ccc(Cl)cc2Cl)c(C)c1. The van der Waals surface area contributed by atoms with E-state index in [4.69, 9.17) is 32.7 Å². The standard InChI is InChI=1S/C19H18Cl2O4/c1-11-4-6-15(12(2)8-11)17(22)10-24-19(23)13(3)25-18-7-5-14(20)9-16(18)21/h4-9,13H,10H2,1-3H3/t13-/m0/s1. The van der Waals surface area contributed by atoms with Gasteiger partial charge in [-0.15, -0.1) is 0 Å². The molecule has 25 heavy (non-hydrogen) atoms. The molecule has 0 radical (unpaired) electrons. The number of halogens is 2. The predicted octanol–water partition coefficient (Wildman–Crippen LogP) is 4.80. The van der Waals surface area contributed by atoms with Crippen molar-refractivity contribution in [2.75, 3.05) is 6.61 Å². The van der Waals surface area contributed by atoms with Crippen LogP contribution in [0.3, 0.4) is 0 Å². The lowest BCUT2D eigenvalue weighted by atomic mass is 10.0. The Balaban J connectivity index is 1.93. The van der Waals surface area contributed by atoms with Crippen molar-refractivity contribution in [3.05, 3.63) is 63.1 Å². The Morgan fingerprint density at radius 3 is 2.44 bits per heavy atom. The van der Waals surface area contributed by atoms with Crippen LogP contribution in [0.2, 0.25) is 10.0 Å². The van der Waals surface area contributed by atoms with Gasteiger partial charge in [-0.1, -0.05) is 47.0 Å². The van der Waals surface area contributed by atoms with Crippen LogP contribution in [-0.4, -0.2) is 24.5 Å². The molecule has 0 saturated carbocycles. The van der Waals surface area contributed by atoms with Crippen molar-refractivity contribution in [2.24, 2.45) is 0 Å². The maximum absolute atomic E-state index is 12.2. The number of esters is 1. The van der Waals surface area contributed by atoms with Crippen molar-refractivity contribution in [2.45, 2.75) is 26.9 Å². The van der Waals surface area contributed by atoms with E-state index in [1.165, 1.54) is 13.0 Å². The molecular formula is C19H18Cl2O4. The Morgan fingerprint density at radius 1 is 1.08 bits per heavy atom. The quantitative estimate of drug-likeness (QED) is 0.533. The van der Waals surface area contributed by atoms with Crippen molar-refractivity contribution >= 4 is 35.0 Å². The van der Waals surface area contributed by atoms with Gasteiger partial charge in [0.2, 0.25) is 5.78 Å². The minimum atomic E-state index is -0.911. The smallest absolute Gasteiger partial charge is 0.347 e. The summed E-state index contributed by atoms with van der Waals surface area (Å²) in [5, 5.41) is 0.755. The Kier molecular flexibility index (Phi) is 6.45. The lowest BCUT2D eigenvalue weighted by molar-refractivity contribution is -0.149. The molecule has 0 bridgehead atoms. The molecule has 0 aliphatic rings. The van der Waals surface area contributed by atoms with Gasteiger partial charge in [0.1, 0.15) is 5.75 Å². The largest absolute Gasteiger partial charge is 0.477 e. The first kappa shape index (κ1) is 19.3. The number of ether oxygens (including phenoxy) is 2. The van der Waals surface area contributed by atoms with Gasteiger partial charge in [-0.2, -0.15) is 0 Å². The number of ketones is 1. The van der Waals surface area contributed by atoms with Crippen molar-refractivity contribution in [1.29, 1.82) is 0 Å². The molecule has 0 N–H and O–H groups in total. The zero-order chi connectivity index (χ0) is 18.6. The average Bonchev–Trinajstić information content (AvgIpc) is 2.54. The number of rotatable bonds is 6. The van der Waals surface area contributed by atoms with E-state index >= 15 is 0 Å². The summed E-state index contributed by atoms with van der Waals surface area (Å²) < 4.78 is 10.5. The van der Waals surface area contributed by atoms with E-state index < -0.39 is 12.1 Å². The molecule has 0 fully saturated rings. The number of hydrogen-bond donors (Lipinski definition) is 0. The molecule has 0 aliphatic carbocycles. The molecule has 2 aromatic carbocycles.